The number of hydrogen-bond acceptors (Lipinski definition) is 5. The van der Waals surface area contributed by atoms with E-state index < -0.39 is 0 Å². The summed E-state index contributed by atoms with van der Waals surface area (Å²) in [6.07, 6.45) is 3.27. The molecule has 2 saturated heterocycles. The van der Waals surface area contributed by atoms with Crippen molar-refractivity contribution in [1.29, 1.82) is 0 Å². The molecule has 9 heteroatoms. The topological polar surface area (TPSA) is 75.6 Å². The van der Waals surface area contributed by atoms with E-state index in [1.165, 1.54) is 0 Å². The van der Waals surface area contributed by atoms with Crippen molar-refractivity contribution in [3.05, 3.63) is 0 Å². The Morgan fingerprint density at radius 1 is 1.30 bits per heavy atom. The number of ether oxygens (including phenoxy) is 3. The van der Waals surface area contributed by atoms with Crippen LogP contribution in [0.25, 0.3) is 0 Å². The van der Waals surface area contributed by atoms with E-state index in [9.17, 15) is 4.79 Å². The molecule has 27 heavy (non-hydrogen) atoms. The van der Waals surface area contributed by atoms with Crippen molar-refractivity contribution in [3.8, 4) is 0 Å². The van der Waals surface area contributed by atoms with Crippen LogP contribution < -0.4 is 5.32 Å². The van der Waals surface area contributed by atoms with Gasteiger partial charge in [0.2, 0.25) is 5.91 Å². The lowest BCUT2D eigenvalue weighted by Crippen LogP contribution is -2.53. The van der Waals surface area contributed by atoms with Crippen LogP contribution in [0.15, 0.2) is 4.99 Å². The van der Waals surface area contributed by atoms with Crippen LogP contribution >= 0.6 is 24.0 Å². The van der Waals surface area contributed by atoms with E-state index in [0.717, 1.165) is 64.7 Å². The summed E-state index contributed by atoms with van der Waals surface area (Å²) in [6, 6.07) is 0. The van der Waals surface area contributed by atoms with Gasteiger partial charge >= 0.3 is 0 Å². The molecule has 8 nitrogen and oxygen atoms in total. The average Bonchev–Trinajstić information content (AvgIpc) is 3.18. The first-order valence-electron chi connectivity index (χ1n) is 9.66. The van der Waals surface area contributed by atoms with Crippen LogP contribution in [0.2, 0.25) is 0 Å². The fourth-order valence-electron chi connectivity index (χ4n) is 3.06. The molecule has 2 rings (SSSR count). The van der Waals surface area contributed by atoms with Crippen molar-refractivity contribution in [2.75, 3.05) is 66.7 Å². The summed E-state index contributed by atoms with van der Waals surface area (Å²) in [4.78, 5) is 20.2. The number of amides is 1. The van der Waals surface area contributed by atoms with Gasteiger partial charge in [0.1, 0.15) is 12.6 Å². The summed E-state index contributed by atoms with van der Waals surface area (Å²) in [6.45, 7) is 7.30. The molecule has 1 amide bonds. The Morgan fingerprint density at radius 2 is 2.07 bits per heavy atom. The largest absolute Gasteiger partial charge is 0.382 e. The van der Waals surface area contributed by atoms with E-state index >= 15 is 0 Å². The van der Waals surface area contributed by atoms with E-state index in [-0.39, 0.29) is 48.6 Å². The maximum atomic E-state index is 11.9. The second-order valence-corrected chi connectivity index (χ2v) is 6.81. The highest BCUT2D eigenvalue weighted by Gasteiger charge is 2.32. The van der Waals surface area contributed by atoms with Gasteiger partial charge < -0.3 is 29.3 Å². The van der Waals surface area contributed by atoms with E-state index in [4.69, 9.17) is 14.2 Å². The highest BCUT2D eigenvalue weighted by molar-refractivity contribution is 14.0. The van der Waals surface area contributed by atoms with E-state index in [1.807, 2.05) is 6.92 Å². The molecular formula is C18H35IN4O4. The van der Waals surface area contributed by atoms with E-state index in [2.05, 4.69) is 15.2 Å². The maximum absolute atomic E-state index is 11.9. The number of halogens is 1. The minimum absolute atomic E-state index is 0. The quantitative estimate of drug-likeness (QED) is 0.233. The molecule has 158 valence electrons. The minimum Gasteiger partial charge on any atom is -0.382 e. The highest BCUT2D eigenvalue weighted by Crippen LogP contribution is 2.21. The molecule has 0 aromatic rings. The number of carbonyl (C=O) groups excluding carboxylic acids is 1. The summed E-state index contributed by atoms with van der Waals surface area (Å²) in [5.41, 5.74) is 0. The molecule has 0 aliphatic carbocycles. The lowest BCUT2D eigenvalue weighted by atomic mass is 10.1. The number of hydrogen-bond donors (Lipinski definition) is 1. The van der Waals surface area contributed by atoms with Gasteiger partial charge in [-0.3, -0.25) is 4.79 Å². The number of guanidine groups is 1. The minimum atomic E-state index is -0.0115. The smallest absolute Gasteiger partial charge is 0.243 e. The molecule has 0 bridgehead atoms. The zero-order valence-corrected chi connectivity index (χ0v) is 19.1. The van der Waals surface area contributed by atoms with Gasteiger partial charge in [-0.1, -0.05) is 0 Å². The SMILES string of the molecule is CCOCCCNC(=NCC(=O)N(C)C)N1CCOC(C2CCCO2)C1.I. The van der Waals surface area contributed by atoms with Gasteiger partial charge in [0.15, 0.2) is 5.96 Å². The molecule has 2 fully saturated rings. The third-order valence-electron chi connectivity index (χ3n) is 4.59. The standard InChI is InChI=1S/C18H34N4O4.HI/c1-4-24-10-6-8-19-18(20-13-17(23)21(2)3)22-9-12-26-16(14-22)15-7-5-11-25-15;/h15-16H,4-14H2,1-3H3,(H,19,20);1H. The fourth-order valence-corrected chi connectivity index (χ4v) is 3.06. The summed E-state index contributed by atoms with van der Waals surface area (Å²) in [5, 5.41) is 3.38. The van der Waals surface area contributed by atoms with Gasteiger partial charge in [0, 0.05) is 53.6 Å². The number of carbonyl (C=O) groups is 1. The molecule has 2 atom stereocenters. The highest BCUT2D eigenvalue weighted by atomic mass is 127. The number of morpholine rings is 1. The van der Waals surface area contributed by atoms with Crippen LogP contribution in [-0.2, 0) is 19.0 Å². The molecule has 2 aliphatic heterocycles. The molecule has 0 spiro atoms. The second kappa shape index (κ2) is 13.5. The van der Waals surface area contributed by atoms with Gasteiger partial charge in [0.25, 0.3) is 0 Å². The molecule has 2 heterocycles. The third kappa shape index (κ3) is 8.49. The molecular weight excluding hydrogens is 463 g/mol. The van der Waals surface area contributed by atoms with Gasteiger partial charge in [0.05, 0.1) is 12.7 Å². The van der Waals surface area contributed by atoms with Gasteiger partial charge in [-0.2, -0.15) is 0 Å². The Bertz CT molecular complexity index is 459. The Kier molecular flexibility index (Phi) is 12.2. The first-order valence-corrected chi connectivity index (χ1v) is 9.66. The Labute approximate surface area is 180 Å². The Hall–Kier alpha value is -0.650. The van der Waals surface area contributed by atoms with Gasteiger partial charge in [-0.15, -0.1) is 24.0 Å². The van der Waals surface area contributed by atoms with E-state index in [0.29, 0.717) is 6.61 Å². The van der Waals surface area contributed by atoms with Crippen LogP contribution in [0.4, 0.5) is 0 Å². The summed E-state index contributed by atoms with van der Waals surface area (Å²) < 4.78 is 17.1. The molecule has 0 saturated carbocycles. The zero-order valence-electron chi connectivity index (χ0n) is 16.8. The molecule has 2 aliphatic rings. The van der Waals surface area contributed by atoms with Crippen molar-refractivity contribution in [3.63, 3.8) is 0 Å². The number of aliphatic imine (C=N–C) groups is 1. The molecule has 0 radical (unpaired) electrons. The monoisotopic (exact) mass is 498 g/mol. The molecule has 2 unspecified atom stereocenters. The Balaban J connectivity index is 0.00000364. The van der Waals surface area contributed by atoms with Crippen molar-refractivity contribution >= 4 is 35.8 Å². The van der Waals surface area contributed by atoms with Crippen LogP contribution in [-0.4, -0.2) is 101 Å². The summed E-state index contributed by atoms with van der Waals surface area (Å²) in [5.74, 6) is 0.755. The van der Waals surface area contributed by atoms with Crippen LogP contribution in [0, 0.1) is 0 Å². The Morgan fingerprint density at radius 3 is 2.74 bits per heavy atom. The fraction of sp³-hybridized carbons (Fsp3) is 0.889. The second-order valence-electron chi connectivity index (χ2n) is 6.81. The van der Waals surface area contributed by atoms with Gasteiger partial charge in [-0.25, -0.2) is 4.99 Å². The molecule has 0 aromatic carbocycles. The average molecular weight is 498 g/mol. The zero-order chi connectivity index (χ0) is 18.8. The third-order valence-corrected chi connectivity index (χ3v) is 4.59. The van der Waals surface area contributed by atoms with Crippen LogP contribution in [0.3, 0.4) is 0 Å². The van der Waals surface area contributed by atoms with Crippen LogP contribution in [0.1, 0.15) is 26.2 Å². The first-order chi connectivity index (χ1) is 12.6. The number of nitrogens with zero attached hydrogens (tertiary/aromatic N) is 3. The summed E-state index contributed by atoms with van der Waals surface area (Å²) in [7, 11) is 3.49. The lowest BCUT2D eigenvalue weighted by molar-refractivity contribution is -0.127. The normalized spacial score (nSPS) is 23.1. The van der Waals surface area contributed by atoms with Crippen molar-refractivity contribution < 1.29 is 19.0 Å². The van der Waals surface area contributed by atoms with Crippen molar-refractivity contribution in [2.24, 2.45) is 4.99 Å². The lowest BCUT2D eigenvalue weighted by Gasteiger charge is -2.37. The van der Waals surface area contributed by atoms with Gasteiger partial charge in [-0.05, 0) is 26.2 Å². The van der Waals surface area contributed by atoms with E-state index in [1.54, 1.807) is 19.0 Å². The molecule has 0 aromatic heterocycles. The number of nitrogens with one attached hydrogen (secondary N) is 1. The predicted octanol–water partition coefficient (Wildman–Crippen LogP) is 0.945. The number of rotatable bonds is 8. The maximum Gasteiger partial charge on any atom is 0.243 e. The van der Waals surface area contributed by atoms with Crippen molar-refractivity contribution in [1.82, 2.24) is 15.1 Å². The number of likely N-dealkylation sites (N-methyl/N-ethyl adjacent to an activating group) is 1. The molecule has 1 N–H and O–H groups in total. The van der Waals surface area contributed by atoms with Crippen LogP contribution in [0.5, 0.6) is 0 Å². The summed E-state index contributed by atoms with van der Waals surface area (Å²) >= 11 is 0. The predicted molar refractivity (Wildman–Crippen MR) is 116 cm³/mol. The van der Waals surface area contributed by atoms with Crippen molar-refractivity contribution in [2.45, 2.75) is 38.4 Å². The first kappa shape index (κ1) is 24.4.